The Morgan fingerprint density at radius 3 is 1.70 bits per heavy atom. The SMILES string of the molecule is CC1CC1.CCC1(C)CC1. The number of hydrogen-bond donors (Lipinski definition) is 0. The summed E-state index contributed by atoms with van der Waals surface area (Å²) >= 11 is 0. The molecule has 2 fully saturated rings. The molecule has 10 heavy (non-hydrogen) atoms. The minimum Gasteiger partial charge on any atom is -0.0649 e. The van der Waals surface area contributed by atoms with E-state index in [1.807, 2.05) is 0 Å². The molecule has 0 aliphatic heterocycles. The average Bonchev–Trinajstić information content (AvgIpc) is 2.76. The van der Waals surface area contributed by atoms with Crippen LogP contribution in [0.2, 0.25) is 0 Å². The van der Waals surface area contributed by atoms with E-state index >= 15 is 0 Å². The summed E-state index contributed by atoms with van der Waals surface area (Å²) in [7, 11) is 0. The van der Waals surface area contributed by atoms with Crippen LogP contribution >= 0.6 is 0 Å². The van der Waals surface area contributed by atoms with E-state index in [1.165, 1.54) is 32.1 Å². The molecule has 0 N–H and O–H groups in total. The van der Waals surface area contributed by atoms with Crippen LogP contribution in [0.4, 0.5) is 0 Å². The van der Waals surface area contributed by atoms with Gasteiger partial charge in [-0.2, -0.15) is 0 Å². The predicted molar refractivity (Wildman–Crippen MR) is 46.0 cm³/mol. The summed E-state index contributed by atoms with van der Waals surface area (Å²) in [6, 6.07) is 0. The zero-order chi connectivity index (χ0) is 7.61. The molecule has 0 heteroatoms. The van der Waals surface area contributed by atoms with Crippen LogP contribution in [0.5, 0.6) is 0 Å². The second-order valence-electron chi connectivity index (χ2n) is 4.35. The first-order valence-electron chi connectivity index (χ1n) is 4.66. The molecule has 0 atom stereocenters. The Morgan fingerprint density at radius 1 is 1.30 bits per heavy atom. The van der Waals surface area contributed by atoms with Crippen molar-refractivity contribution >= 4 is 0 Å². The molecule has 0 nitrogen and oxygen atoms in total. The number of rotatable bonds is 1. The molecule has 0 aromatic heterocycles. The lowest BCUT2D eigenvalue weighted by Crippen LogP contribution is -1.84. The lowest BCUT2D eigenvalue weighted by molar-refractivity contribution is 0.551. The first-order chi connectivity index (χ1) is 4.66. The van der Waals surface area contributed by atoms with Crippen molar-refractivity contribution in [1.82, 2.24) is 0 Å². The van der Waals surface area contributed by atoms with Crippen LogP contribution in [0.15, 0.2) is 0 Å². The largest absolute Gasteiger partial charge is 0.0649 e. The van der Waals surface area contributed by atoms with Gasteiger partial charge in [0.1, 0.15) is 0 Å². The summed E-state index contributed by atoms with van der Waals surface area (Å²) in [6.45, 7) is 6.90. The molecule has 0 aromatic carbocycles. The molecule has 0 amide bonds. The van der Waals surface area contributed by atoms with Crippen molar-refractivity contribution in [2.75, 3.05) is 0 Å². The molecule has 0 unspecified atom stereocenters. The van der Waals surface area contributed by atoms with E-state index in [0.717, 1.165) is 11.3 Å². The van der Waals surface area contributed by atoms with Gasteiger partial charge < -0.3 is 0 Å². The van der Waals surface area contributed by atoms with Crippen molar-refractivity contribution in [1.29, 1.82) is 0 Å². The smallest absolute Gasteiger partial charge is 0.0328 e. The van der Waals surface area contributed by atoms with Crippen LogP contribution in [-0.4, -0.2) is 0 Å². The van der Waals surface area contributed by atoms with E-state index in [4.69, 9.17) is 0 Å². The van der Waals surface area contributed by atoms with Crippen molar-refractivity contribution in [2.45, 2.75) is 52.9 Å². The summed E-state index contributed by atoms with van der Waals surface area (Å²) < 4.78 is 0. The summed E-state index contributed by atoms with van der Waals surface area (Å²) in [6.07, 6.45) is 7.31. The fourth-order valence-electron chi connectivity index (χ4n) is 0.734. The van der Waals surface area contributed by atoms with Gasteiger partial charge >= 0.3 is 0 Å². The van der Waals surface area contributed by atoms with Crippen LogP contribution in [0.1, 0.15) is 52.9 Å². The fourth-order valence-corrected chi connectivity index (χ4v) is 0.734. The van der Waals surface area contributed by atoms with Crippen LogP contribution in [0.3, 0.4) is 0 Å². The van der Waals surface area contributed by atoms with E-state index in [0.29, 0.717) is 0 Å². The molecule has 0 aromatic rings. The number of hydrogen-bond acceptors (Lipinski definition) is 0. The molecule has 60 valence electrons. The Labute approximate surface area is 65.0 Å². The normalized spacial score (nSPS) is 26.7. The van der Waals surface area contributed by atoms with Crippen LogP contribution < -0.4 is 0 Å². The first kappa shape index (κ1) is 8.10. The quantitative estimate of drug-likeness (QED) is 0.522. The minimum absolute atomic E-state index is 0.792. The standard InChI is InChI=1S/C6H12.C4H8/c1-3-6(2)4-5-6;1-4-2-3-4/h3-5H2,1-2H3;4H,2-3H2,1H3. The third-order valence-corrected chi connectivity index (χ3v) is 2.82. The first-order valence-corrected chi connectivity index (χ1v) is 4.66. The summed E-state index contributed by atoms with van der Waals surface area (Å²) in [5, 5.41) is 0. The van der Waals surface area contributed by atoms with E-state index in [2.05, 4.69) is 20.8 Å². The van der Waals surface area contributed by atoms with Crippen LogP contribution in [0.25, 0.3) is 0 Å². The van der Waals surface area contributed by atoms with Gasteiger partial charge in [-0.25, -0.2) is 0 Å². The molecule has 0 heterocycles. The van der Waals surface area contributed by atoms with Gasteiger partial charge in [-0.05, 0) is 24.2 Å². The molecule has 2 saturated carbocycles. The van der Waals surface area contributed by atoms with E-state index in [9.17, 15) is 0 Å². The molecular formula is C10H20. The van der Waals surface area contributed by atoms with Gasteiger partial charge in [-0.1, -0.05) is 40.0 Å². The Bertz CT molecular complexity index is 96.6. The van der Waals surface area contributed by atoms with Crippen molar-refractivity contribution < 1.29 is 0 Å². The van der Waals surface area contributed by atoms with Crippen molar-refractivity contribution in [3.63, 3.8) is 0 Å². The molecule has 0 spiro atoms. The predicted octanol–water partition coefficient (Wildman–Crippen LogP) is 3.61. The highest BCUT2D eigenvalue weighted by Gasteiger charge is 2.34. The maximum Gasteiger partial charge on any atom is -0.0328 e. The monoisotopic (exact) mass is 140 g/mol. The van der Waals surface area contributed by atoms with Crippen LogP contribution in [-0.2, 0) is 0 Å². The highest BCUT2D eigenvalue weighted by atomic mass is 14.4. The maximum atomic E-state index is 2.35. The van der Waals surface area contributed by atoms with Gasteiger partial charge in [0.2, 0.25) is 0 Å². The van der Waals surface area contributed by atoms with Gasteiger partial charge in [0.25, 0.3) is 0 Å². The molecule has 2 aliphatic carbocycles. The second kappa shape index (κ2) is 2.94. The zero-order valence-corrected chi connectivity index (χ0v) is 7.61. The third kappa shape index (κ3) is 3.24. The third-order valence-electron chi connectivity index (χ3n) is 2.82. The molecule has 0 saturated heterocycles. The lowest BCUT2D eigenvalue weighted by Gasteiger charge is -1.96. The minimum atomic E-state index is 0.792. The summed E-state index contributed by atoms with van der Waals surface area (Å²) in [4.78, 5) is 0. The summed E-state index contributed by atoms with van der Waals surface area (Å²) in [5.41, 5.74) is 0.792. The zero-order valence-electron chi connectivity index (χ0n) is 7.61. The van der Waals surface area contributed by atoms with Gasteiger partial charge in [-0.3, -0.25) is 0 Å². The molecule has 2 rings (SSSR count). The second-order valence-corrected chi connectivity index (χ2v) is 4.35. The van der Waals surface area contributed by atoms with Gasteiger partial charge in [-0.15, -0.1) is 0 Å². The van der Waals surface area contributed by atoms with E-state index in [1.54, 1.807) is 0 Å². The molecular weight excluding hydrogens is 120 g/mol. The van der Waals surface area contributed by atoms with Crippen LogP contribution in [0, 0.1) is 11.3 Å². The van der Waals surface area contributed by atoms with Gasteiger partial charge in [0.05, 0.1) is 0 Å². The van der Waals surface area contributed by atoms with Crippen molar-refractivity contribution in [3.8, 4) is 0 Å². The molecule has 2 aliphatic rings. The highest BCUT2D eigenvalue weighted by molar-refractivity contribution is 4.86. The molecule has 0 bridgehead atoms. The Hall–Kier alpha value is 0. The van der Waals surface area contributed by atoms with Crippen molar-refractivity contribution in [3.05, 3.63) is 0 Å². The van der Waals surface area contributed by atoms with Crippen molar-refractivity contribution in [2.24, 2.45) is 11.3 Å². The fraction of sp³-hybridized carbons (Fsp3) is 1.00. The van der Waals surface area contributed by atoms with E-state index < -0.39 is 0 Å². The Kier molecular flexibility index (Phi) is 2.38. The van der Waals surface area contributed by atoms with E-state index in [-0.39, 0.29) is 0 Å². The topological polar surface area (TPSA) is 0 Å². The summed E-state index contributed by atoms with van der Waals surface area (Å²) in [5.74, 6) is 1.08. The molecule has 0 radical (unpaired) electrons. The highest BCUT2D eigenvalue weighted by Crippen LogP contribution is 2.47. The lowest BCUT2D eigenvalue weighted by atomic mass is 10.1. The average molecular weight is 140 g/mol. The maximum absolute atomic E-state index is 2.35. The Morgan fingerprint density at radius 2 is 1.70 bits per heavy atom. The van der Waals surface area contributed by atoms with Gasteiger partial charge in [0, 0.05) is 0 Å². The van der Waals surface area contributed by atoms with Gasteiger partial charge in [0.15, 0.2) is 0 Å². The Balaban J connectivity index is 0.000000108.